The van der Waals surface area contributed by atoms with Crippen LogP contribution in [0.4, 0.5) is 11.4 Å². The van der Waals surface area contributed by atoms with Crippen molar-refractivity contribution in [3.8, 4) is 0 Å². The summed E-state index contributed by atoms with van der Waals surface area (Å²) in [6.07, 6.45) is 0. The number of hydrogen-bond acceptors (Lipinski definition) is 5. The van der Waals surface area contributed by atoms with Gasteiger partial charge in [0.25, 0.3) is 5.69 Å². The van der Waals surface area contributed by atoms with Crippen LogP contribution in [-0.4, -0.2) is 36.9 Å². The van der Waals surface area contributed by atoms with Gasteiger partial charge in [-0.3, -0.25) is 15.5 Å². The van der Waals surface area contributed by atoms with Gasteiger partial charge in [-0.1, -0.05) is 42.5 Å². The van der Waals surface area contributed by atoms with Crippen molar-refractivity contribution in [1.29, 1.82) is 0 Å². The second-order valence-corrected chi connectivity index (χ2v) is 6.25. The van der Waals surface area contributed by atoms with E-state index in [0.717, 1.165) is 32.0 Å². The molecule has 0 spiro atoms. The Morgan fingerprint density at radius 2 is 1.81 bits per heavy atom. The number of rotatable bonds is 6. The molecule has 26 heavy (non-hydrogen) atoms. The Hall–Kier alpha value is -2.77. The number of morpholine rings is 1. The molecule has 1 aliphatic rings. The van der Waals surface area contributed by atoms with Crippen LogP contribution in [0.15, 0.2) is 59.7 Å². The molecule has 7 nitrogen and oxygen atoms in total. The first-order valence-corrected chi connectivity index (χ1v) is 8.67. The van der Waals surface area contributed by atoms with Gasteiger partial charge in [0.2, 0.25) is 0 Å². The Balaban J connectivity index is 1.86. The molecule has 0 aromatic heterocycles. The number of nitrogens with one attached hydrogen (secondary N) is 2. The number of nitrogens with zero attached hydrogens (tertiary/aromatic N) is 2. The van der Waals surface area contributed by atoms with E-state index in [0.29, 0.717) is 5.69 Å². The quantitative estimate of drug-likeness (QED) is 0.472. The Bertz CT molecular complexity index is 773. The van der Waals surface area contributed by atoms with E-state index in [4.69, 9.17) is 4.74 Å². The van der Waals surface area contributed by atoms with Crippen molar-refractivity contribution < 1.29 is 14.6 Å². The average molecular weight is 355 g/mol. The zero-order valence-electron chi connectivity index (χ0n) is 14.7. The maximum Gasteiger partial charge on any atom is 0.294 e. The van der Waals surface area contributed by atoms with Crippen LogP contribution in [0.3, 0.4) is 0 Å². The van der Waals surface area contributed by atoms with Gasteiger partial charge < -0.3 is 9.64 Å². The third-order valence-corrected chi connectivity index (χ3v) is 4.55. The summed E-state index contributed by atoms with van der Waals surface area (Å²) in [7, 11) is 0. The van der Waals surface area contributed by atoms with E-state index in [1.54, 1.807) is 18.2 Å². The van der Waals surface area contributed by atoms with E-state index in [9.17, 15) is 10.1 Å². The lowest BCUT2D eigenvalue weighted by Crippen LogP contribution is -3.15. The highest BCUT2D eigenvalue weighted by atomic mass is 16.6. The van der Waals surface area contributed by atoms with Crippen molar-refractivity contribution in [2.45, 2.75) is 13.0 Å². The Morgan fingerprint density at radius 1 is 1.15 bits per heavy atom. The number of benzene rings is 2. The zero-order chi connectivity index (χ0) is 18.4. The largest absolute Gasteiger partial charge is 0.370 e. The number of anilines is 1. The minimum absolute atomic E-state index is 0.0130. The van der Waals surface area contributed by atoms with Crippen molar-refractivity contribution in [2.75, 3.05) is 31.7 Å². The summed E-state index contributed by atoms with van der Waals surface area (Å²) in [6.45, 7) is 5.21. The minimum Gasteiger partial charge on any atom is -0.370 e. The number of nitro groups is 1. The predicted octanol–water partition coefficient (Wildman–Crippen LogP) is 2.04. The summed E-state index contributed by atoms with van der Waals surface area (Å²) >= 11 is 0. The first kappa shape index (κ1) is 18.0. The normalized spacial score (nSPS) is 16.9. The number of hydrazone groups is 1. The van der Waals surface area contributed by atoms with E-state index < -0.39 is 4.92 Å². The Kier molecular flexibility index (Phi) is 5.93. The molecule has 0 amide bonds. The van der Waals surface area contributed by atoms with E-state index in [1.165, 1.54) is 16.5 Å². The molecule has 0 radical (unpaired) electrons. The summed E-state index contributed by atoms with van der Waals surface area (Å²) in [5.41, 5.74) is 5.34. The number of quaternary nitrogens is 1. The molecule has 136 valence electrons. The summed E-state index contributed by atoms with van der Waals surface area (Å²) in [4.78, 5) is 12.1. The Morgan fingerprint density at radius 3 is 2.50 bits per heavy atom. The molecule has 3 rings (SSSR count). The first-order chi connectivity index (χ1) is 12.7. The van der Waals surface area contributed by atoms with Gasteiger partial charge in [-0.25, -0.2) is 0 Å². The second-order valence-electron chi connectivity index (χ2n) is 6.25. The SMILES string of the molecule is C/C(=N/Nc1ccccc1[N+](=O)[O-])[C@H](c1ccccc1)[NH+]1CCOCC1. The second kappa shape index (κ2) is 8.55. The molecule has 2 N–H and O–H groups in total. The average Bonchev–Trinajstić information content (AvgIpc) is 2.68. The minimum atomic E-state index is -0.408. The van der Waals surface area contributed by atoms with Gasteiger partial charge in [-0.2, -0.15) is 5.10 Å². The lowest BCUT2D eigenvalue weighted by atomic mass is 10.0. The van der Waals surface area contributed by atoms with Crippen LogP contribution < -0.4 is 10.3 Å². The van der Waals surface area contributed by atoms with Crippen molar-refractivity contribution in [3.05, 3.63) is 70.3 Å². The molecule has 0 aliphatic carbocycles. The van der Waals surface area contributed by atoms with Crippen LogP contribution in [0.2, 0.25) is 0 Å². The van der Waals surface area contributed by atoms with Crippen LogP contribution in [0.25, 0.3) is 0 Å². The van der Waals surface area contributed by atoms with Crippen LogP contribution in [-0.2, 0) is 4.74 Å². The first-order valence-electron chi connectivity index (χ1n) is 8.67. The van der Waals surface area contributed by atoms with Gasteiger partial charge in [0, 0.05) is 11.6 Å². The molecule has 0 saturated carbocycles. The number of ether oxygens (including phenoxy) is 1. The highest BCUT2D eigenvalue weighted by molar-refractivity contribution is 5.88. The van der Waals surface area contributed by atoms with Crippen molar-refractivity contribution in [2.24, 2.45) is 5.10 Å². The fraction of sp³-hybridized carbons (Fsp3) is 0.316. The molecule has 1 aliphatic heterocycles. The topological polar surface area (TPSA) is 81.2 Å². The summed E-state index contributed by atoms with van der Waals surface area (Å²) in [6, 6.07) is 16.8. The molecule has 2 aromatic carbocycles. The smallest absolute Gasteiger partial charge is 0.294 e. The van der Waals surface area contributed by atoms with Gasteiger partial charge in [-0.15, -0.1) is 0 Å². The molecule has 1 heterocycles. The summed E-state index contributed by atoms with van der Waals surface area (Å²) in [5, 5.41) is 15.7. The molecule has 1 saturated heterocycles. The fourth-order valence-corrected chi connectivity index (χ4v) is 3.28. The van der Waals surface area contributed by atoms with Crippen LogP contribution >= 0.6 is 0 Å². The highest BCUT2D eigenvalue weighted by Crippen LogP contribution is 2.23. The van der Waals surface area contributed by atoms with Gasteiger partial charge in [-0.05, 0) is 13.0 Å². The number of nitro benzene ring substituents is 1. The molecular formula is C19H23N4O3+. The highest BCUT2D eigenvalue weighted by Gasteiger charge is 2.29. The summed E-state index contributed by atoms with van der Waals surface area (Å²) in [5.74, 6) is 0. The summed E-state index contributed by atoms with van der Waals surface area (Å²) < 4.78 is 5.49. The predicted molar refractivity (Wildman–Crippen MR) is 101 cm³/mol. The monoisotopic (exact) mass is 355 g/mol. The standard InChI is InChI=1S/C19H22N4O3/c1-15(20-21-17-9-5-6-10-18(17)23(24)25)19(16-7-3-2-4-8-16)22-11-13-26-14-12-22/h2-10,19,21H,11-14H2,1H3/p+1/b20-15-/t19-/m1/s1. The van der Waals surface area contributed by atoms with Gasteiger partial charge in [0.15, 0.2) is 6.04 Å². The lowest BCUT2D eigenvalue weighted by Gasteiger charge is -2.31. The molecule has 0 unspecified atom stereocenters. The van der Waals surface area contributed by atoms with Crippen molar-refractivity contribution in [3.63, 3.8) is 0 Å². The Labute approximate surface area is 152 Å². The number of para-hydroxylation sites is 2. The molecular weight excluding hydrogens is 332 g/mol. The van der Waals surface area contributed by atoms with E-state index >= 15 is 0 Å². The third-order valence-electron chi connectivity index (χ3n) is 4.55. The van der Waals surface area contributed by atoms with Crippen LogP contribution in [0, 0.1) is 10.1 Å². The van der Waals surface area contributed by atoms with Crippen LogP contribution in [0.5, 0.6) is 0 Å². The molecule has 2 aromatic rings. The number of hydrogen-bond donors (Lipinski definition) is 2. The van der Waals surface area contributed by atoms with Crippen LogP contribution in [0.1, 0.15) is 18.5 Å². The van der Waals surface area contributed by atoms with Gasteiger partial charge in [0.05, 0.1) is 23.8 Å². The lowest BCUT2D eigenvalue weighted by molar-refractivity contribution is -0.928. The molecule has 0 bridgehead atoms. The van der Waals surface area contributed by atoms with Crippen molar-refractivity contribution in [1.82, 2.24) is 0 Å². The zero-order valence-corrected chi connectivity index (χ0v) is 14.7. The fourth-order valence-electron chi connectivity index (χ4n) is 3.28. The van der Waals surface area contributed by atoms with E-state index in [1.807, 2.05) is 25.1 Å². The maximum atomic E-state index is 11.2. The van der Waals surface area contributed by atoms with Gasteiger partial charge >= 0.3 is 0 Å². The molecule has 7 heteroatoms. The van der Waals surface area contributed by atoms with Gasteiger partial charge in [0.1, 0.15) is 18.8 Å². The molecule has 1 atom stereocenters. The molecule has 1 fully saturated rings. The van der Waals surface area contributed by atoms with Crippen molar-refractivity contribution >= 4 is 17.1 Å². The maximum absolute atomic E-state index is 11.2. The van der Waals surface area contributed by atoms with E-state index in [2.05, 4.69) is 22.7 Å². The third kappa shape index (κ3) is 4.25. The van der Waals surface area contributed by atoms with E-state index in [-0.39, 0.29) is 11.7 Å².